The Morgan fingerprint density at radius 1 is 1.04 bits per heavy atom. The van der Waals surface area contributed by atoms with E-state index in [1.165, 1.54) is 25.1 Å². The van der Waals surface area contributed by atoms with Crippen LogP contribution in [0.4, 0.5) is 0 Å². The highest BCUT2D eigenvalue weighted by Gasteiger charge is 2.40. The lowest BCUT2D eigenvalue weighted by Crippen LogP contribution is -2.43. The lowest BCUT2D eigenvalue weighted by atomic mass is 9.86. The number of H-pyrrole nitrogens is 1. The fourth-order valence-electron chi connectivity index (χ4n) is 3.75. The Kier molecular flexibility index (Phi) is 3.59. The van der Waals surface area contributed by atoms with Gasteiger partial charge in [-0.25, -0.2) is 0 Å². The van der Waals surface area contributed by atoms with Crippen LogP contribution in [-0.2, 0) is 16.8 Å². The monoisotopic (exact) mass is 357 g/mol. The van der Waals surface area contributed by atoms with Crippen LogP contribution in [0, 0.1) is 0 Å². The molecule has 0 aromatic carbocycles. The standard InChI is InChI=1S/C18H19N3OS2/c1-2-15(23-14(1)13-3-7-20-21-13)16-11-12-4-10-22-18(17(12)24-16)5-8-19-9-6-18/h1-3,7,11,19H,4-6,8-10H2,(H,20,21). The first-order chi connectivity index (χ1) is 11.8. The molecule has 3 aromatic heterocycles. The minimum absolute atomic E-state index is 0.0365. The molecule has 4 nitrogen and oxygen atoms in total. The molecule has 0 radical (unpaired) electrons. The highest BCUT2D eigenvalue weighted by molar-refractivity contribution is 7.24. The van der Waals surface area contributed by atoms with Crippen molar-refractivity contribution < 1.29 is 4.74 Å². The SMILES string of the molecule is c1cc(-c2ccc(-c3cc4c(s3)C3(CCNCC3)OCC4)s2)[nH]n1. The Balaban J connectivity index is 1.52. The summed E-state index contributed by atoms with van der Waals surface area (Å²) in [5.41, 5.74) is 2.55. The summed E-state index contributed by atoms with van der Waals surface area (Å²) in [5, 5.41) is 10.6. The van der Waals surface area contributed by atoms with E-state index in [0.29, 0.717) is 0 Å². The van der Waals surface area contributed by atoms with Gasteiger partial charge in [-0.1, -0.05) is 0 Å². The van der Waals surface area contributed by atoms with Gasteiger partial charge < -0.3 is 10.1 Å². The zero-order chi connectivity index (χ0) is 16.0. The number of nitrogens with zero attached hydrogens (tertiary/aromatic N) is 1. The lowest BCUT2D eigenvalue weighted by Gasteiger charge is -2.40. The summed E-state index contributed by atoms with van der Waals surface area (Å²) < 4.78 is 6.31. The van der Waals surface area contributed by atoms with Crippen LogP contribution in [0.25, 0.3) is 20.3 Å². The van der Waals surface area contributed by atoms with Crippen molar-refractivity contribution in [2.45, 2.75) is 24.9 Å². The van der Waals surface area contributed by atoms with Crippen molar-refractivity contribution in [2.75, 3.05) is 19.7 Å². The van der Waals surface area contributed by atoms with Gasteiger partial charge >= 0.3 is 0 Å². The summed E-state index contributed by atoms with van der Waals surface area (Å²) in [4.78, 5) is 5.42. The molecule has 0 aliphatic carbocycles. The van der Waals surface area contributed by atoms with E-state index >= 15 is 0 Å². The number of hydrogen-bond acceptors (Lipinski definition) is 5. The van der Waals surface area contributed by atoms with Crippen LogP contribution in [0.2, 0.25) is 0 Å². The topological polar surface area (TPSA) is 49.9 Å². The molecule has 0 saturated carbocycles. The van der Waals surface area contributed by atoms with Gasteiger partial charge in [-0.05, 0) is 62.2 Å². The average Bonchev–Trinajstić information content (AvgIpc) is 3.35. The number of hydrogen-bond donors (Lipinski definition) is 2. The number of aromatic amines is 1. The highest BCUT2D eigenvalue weighted by atomic mass is 32.1. The van der Waals surface area contributed by atoms with Crippen LogP contribution in [0.3, 0.4) is 0 Å². The van der Waals surface area contributed by atoms with Gasteiger partial charge in [0.1, 0.15) is 5.60 Å². The predicted molar refractivity (Wildman–Crippen MR) is 98.7 cm³/mol. The lowest BCUT2D eigenvalue weighted by molar-refractivity contribution is -0.0771. The first-order valence-corrected chi connectivity index (χ1v) is 10.1. The molecule has 124 valence electrons. The number of rotatable bonds is 2. The zero-order valence-electron chi connectivity index (χ0n) is 13.3. The van der Waals surface area contributed by atoms with Crippen molar-refractivity contribution in [3.63, 3.8) is 0 Å². The first kappa shape index (κ1) is 14.8. The third-order valence-corrected chi connectivity index (χ3v) is 7.68. The van der Waals surface area contributed by atoms with E-state index in [1.807, 2.05) is 28.7 Å². The van der Waals surface area contributed by atoms with Crippen molar-refractivity contribution in [1.29, 1.82) is 0 Å². The molecule has 0 bridgehead atoms. The molecule has 0 unspecified atom stereocenters. The van der Waals surface area contributed by atoms with Crippen molar-refractivity contribution in [1.82, 2.24) is 15.5 Å². The summed E-state index contributed by atoms with van der Waals surface area (Å²) in [6.45, 7) is 2.96. The highest BCUT2D eigenvalue weighted by Crippen LogP contribution is 2.48. The maximum atomic E-state index is 6.31. The second kappa shape index (κ2) is 5.81. The normalized spacial score (nSPS) is 19.5. The fraction of sp³-hybridized carbons (Fsp3) is 0.389. The maximum absolute atomic E-state index is 6.31. The number of fused-ring (bicyclic) bond motifs is 2. The molecule has 3 aromatic rings. The van der Waals surface area contributed by atoms with Crippen LogP contribution in [-0.4, -0.2) is 29.9 Å². The molecule has 2 N–H and O–H groups in total. The van der Waals surface area contributed by atoms with Gasteiger partial charge in [0.25, 0.3) is 0 Å². The second-order valence-electron chi connectivity index (χ2n) is 6.44. The van der Waals surface area contributed by atoms with Gasteiger partial charge in [0.05, 0.1) is 17.2 Å². The molecular formula is C18H19N3OS2. The van der Waals surface area contributed by atoms with E-state index in [9.17, 15) is 0 Å². The summed E-state index contributed by atoms with van der Waals surface area (Å²) >= 11 is 3.76. The fourth-order valence-corrected chi connectivity index (χ4v) is 6.23. The number of aromatic nitrogens is 2. The maximum Gasteiger partial charge on any atom is 0.105 e. The summed E-state index contributed by atoms with van der Waals surface area (Å²) in [5.74, 6) is 0. The molecule has 24 heavy (non-hydrogen) atoms. The Morgan fingerprint density at radius 3 is 2.75 bits per heavy atom. The van der Waals surface area contributed by atoms with Gasteiger partial charge in [0.15, 0.2) is 0 Å². The molecule has 5 rings (SSSR count). The quantitative estimate of drug-likeness (QED) is 0.728. The van der Waals surface area contributed by atoms with Crippen molar-refractivity contribution in [2.24, 2.45) is 0 Å². The van der Waals surface area contributed by atoms with Crippen LogP contribution in [0.1, 0.15) is 23.3 Å². The minimum Gasteiger partial charge on any atom is -0.369 e. The number of thiophene rings is 2. The smallest absolute Gasteiger partial charge is 0.105 e. The molecule has 1 fully saturated rings. The Morgan fingerprint density at radius 2 is 1.92 bits per heavy atom. The third-order valence-electron chi connectivity index (χ3n) is 5.00. The second-order valence-corrected chi connectivity index (χ2v) is 8.58. The van der Waals surface area contributed by atoms with Crippen LogP contribution in [0.15, 0.2) is 30.5 Å². The molecule has 0 amide bonds. The first-order valence-electron chi connectivity index (χ1n) is 8.42. The molecule has 0 atom stereocenters. The third kappa shape index (κ3) is 2.37. The van der Waals surface area contributed by atoms with Crippen molar-refractivity contribution >= 4 is 22.7 Å². The van der Waals surface area contributed by atoms with E-state index < -0.39 is 0 Å². The van der Waals surface area contributed by atoms with E-state index in [1.54, 1.807) is 6.20 Å². The van der Waals surface area contributed by atoms with E-state index in [-0.39, 0.29) is 5.60 Å². The van der Waals surface area contributed by atoms with Crippen LogP contribution in [0.5, 0.6) is 0 Å². The zero-order valence-corrected chi connectivity index (χ0v) is 14.9. The van der Waals surface area contributed by atoms with Gasteiger partial charge in [0, 0.05) is 20.8 Å². The largest absolute Gasteiger partial charge is 0.369 e. The van der Waals surface area contributed by atoms with Crippen molar-refractivity contribution in [3.8, 4) is 20.3 Å². The average molecular weight is 358 g/mol. The number of ether oxygens (including phenoxy) is 1. The van der Waals surface area contributed by atoms with Crippen molar-refractivity contribution in [3.05, 3.63) is 40.9 Å². The van der Waals surface area contributed by atoms with Gasteiger partial charge in [-0.3, -0.25) is 5.10 Å². The van der Waals surface area contributed by atoms with Gasteiger partial charge in [-0.2, -0.15) is 5.10 Å². The summed E-state index contributed by atoms with van der Waals surface area (Å²) in [6.07, 6.45) is 5.02. The summed E-state index contributed by atoms with van der Waals surface area (Å²) in [7, 11) is 0. The Bertz CT molecular complexity index is 844. The van der Waals surface area contributed by atoms with E-state index in [0.717, 1.165) is 44.7 Å². The predicted octanol–water partition coefficient (Wildman–Crippen LogP) is 4.02. The Hall–Kier alpha value is -1.47. The molecule has 6 heteroatoms. The molecule has 1 spiro atoms. The van der Waals surface area contributed by atoms with Gasteiger partial charge in [0.2, 0.25) is 0 Å². The summed E-state index contributed by atoms with van der Waals surface area (Å²) in [6, 6.07) is 8.83. The number of piperidine rings is 1. The van der Waals surface area contributed by atoms with Crippen LogP contribution >= 0.6 is 22.7 Å². The number of nitrogens with one attached hydrogen (secondary N) is 2. The molecule has 2 aliphatic rings. The molecular weight excluding hydrogens is 338 g/mol. The Labute approximate surface area is 148 Å². The minimum atomic E-state index is -0.0365. The molecule has 5 heterocycles. The van der Waals surface area contributed by atoms with Crippen LogP contribution < -0.4 is 5.32 Å². The molecule has 1 saturated heterocycles. The van der Waals surface area contributed by atoms with Gasteiger partial charge in [-0.15, -0.1) is 22.7 Å². The molecule has 2 aliphatic heterocycles. The van der Waals surface area contributed by atoms with E-state index in [2.05, 4.69) is 33.7 Å². The van der Waals surface area contributed by atoms with E-state index in [4.69, 9.17) is 4.74 Å².